The highest BCUT2D eigenvalue weighted by atomic mass is 16.4. The summed E-state index contributed by atoms with van der Waals surface area (Å²) in [7, 11) is 0. The molecule has 3 nitrogen and oxygen atoms in total. The van der Waals surface area contributed by atoms with Crippen LogP contribution in [0.1, 0.15) is 50.4 Å². The normalized spacial score (nSPS) is 23.6. The van der Waals surface area contributed by atoms with Gasteiger partial charge in [-0.05, 0) is 35.4 Å². The van der Waals surface area contributed by atoms with Gasteiger partial charge >= 0.3 is 5.97 Å². The first-order valence-corrected chi connectivity index (χ1v) is 6.41. The molecule has 0 saturated heterocycles. The zero-order valence-corrected chi connectivity index (χ0v) is 11.4. The number of nitrogens with one attached hydrogen (secondary N) is 1. The van der Waals surface area contributed by atoms with Crippen molar-refractivity contribution < 1.29 is 9.90 Å². The van der Waals surface area contributed by atoms with E-state index in [0.717, 1.165) is 17.5 Å². The third-order valence-corrected chi connectivity index (χ3v) is 3.55. The molecule has 1 aromatic carbocycles. The topological polar surface area (TPSA) is 49.3 Å². The van der Waals surface area contributed by atoms with E-state index < -0.39 is 12.0 Å². The van der Waals surface area contributed by atoms with Gasteiger partial charge in [0, 0.05) is 6.04 Å². The van der Waals surface area contributed by atoms with Crippen molar-refractivity contribution in [2.45, 2.75) is 51.6 Å². The summed E-state index contributed by atoms with van der Waals surface area (Å²) in [5.74, 6) is -0.797. The fourth-order valence-corrected chi connectivity index (χ4v) is 2.48. The Hall–Kier alpha value is -1.35. The maximum absolute atomic E-state index is 11.4. The molecular weight excluding hydrogens is 226 g/mol. The molecule has 1 aromatic rings. The van der Waals surface area contributed by atoms with Crippen LogP contribution in [0.5, 0.6) is 0 Å². The van der Waals surface area contributed by atoms with Crippen molar-refractivity contribution in [2.75, 3.05) is 0 Å². The Balaban J connectivity index is 2.49. The largest absolute Gasteiger partial charge is 0.480 e. The lowest BCUT2D eigenvalue weighted by Crippen LogP contribution is -2.41. The van der Waals surface area contributed by atoms with E-state index in [1.54, 1.807) is 0 Å². The second-order valence-electron chi connectivity index (χ2n) is 6.21. The Morgan fingerprint density at radius 2 is 2.06 bits per heavy atom. The minimum Gasteiger partial charge on any atom is -0.480 e. The van der Waals surface area contributed by atoms with Gasteiger partial charge in [-0.1, -0.05) is 39.0 Å². The number of carbonyl (C=O) groups is 1. The minimum atomic E-state index is -0.797. The van der Waals surface area contributed by atoms with Gasteiger partial charge in [0.1, 0.15) is 6.04 Å². The molecule has 0 radical (unpaired) electrons. The van der Waals surface area contributed by atoms with Crippen molar-refractivity contribution >= 4 is 5.97 Å². The Labute approximate surface area is 108 Å². The summed E-state index contributed by atoms with van der Waals surface area (Å²) in [4.78, 5) is 11.4. The third-order valence-electron chi connectivity index (χ3n) is 3.55. The molecule has 98 valence electrons. The second-order valence-corrected chi connectivity index (χ2v) is 6.21. The maximum atomic E-state index is 11.4. The third kappa shape index (κ3) is 2.41. The summed E-state index contributed by atoms with van der Waals surface area (Å²) in [6.45, 7) is 8.45. The van der Waals surface area contributed by atoms with Gasteiger partial charge in [-0.25, -0.2) is 0 Å². The number of fused-ring (bicyclic) bond motifs is 1. The summed E-state index contributed by atoms with van der Waals surface area (Å²) in [6, 6.07) is 5.89. The van der Waals surface area contributed by atoms with Crippen molar-refractivity contribution in [3.05, 3.63) is 34.9 Å². The standard InChI is InChI=1S/C15H21NO2/c1-9-7-10-5-6-11(15(2,3)4)8-12(10)13(16-9)14(17)18/h5-6,8-9,13,16H,7H2,1-4H3,(H,17,18). The molecular formula is C15H21NO2. The number of benzene rings is 1. The molecule has 18 heavy (non-hydrogen) atoms. The number of carboxylic acid groups (broad SMARTS) is 1. The first-order valence-electron chi connectivity index (χ1n) is 6.41. The van der Waals surface area contributed by atoms with Gasteiger partial charge < -0.3 is 5.11 Å². The SMILES string of the molecule is CC1Cc2ccc(C(C)(C)C)cc2C(C(=O)O)N1. The fourth-order valence-electron chi connectivity index (χ4n) is 2.48. The van der Waals surface area contributed by atoms with E-state index in [0.29, 0.717) is 0 Å². The van der Waals surface area contributed by atoms with Gasteiger partial charge in [0.2, 0.25) is 0 Å². The first kappa shape index (κ1) is 13.1. The molecule has 2 rings (SSSR count). The van der Waals surface area contributed by atoms with Crippen molar-refractivity contribution in [1.29, 1.82) is 0 Å². The molecule has 1 aliphatic rings. The van der Waals surface area contributed by atoms with Crippen LogP contribution < -0.4 is 5.32 Å². The van der Waals surface area contributed by atoms with Crippen molar-refractivity contribution in [3.63, 3.8) is 0 Å². The summed E-state index contributed by atoms with van der Waals surface area (Å²) in [6.07, 6.45) is 0.892. The average molecular weight is 247 g/mol. The highest BCUT2D eigenvalue weighted by Crippen LogP contribution is 2.31. The zero-order chi connectivity index (χ0) is 13.5. The molecule has 0 spiro atoms. The zero-order valence-electron chi connectivity index (χ0n) is 11.4. The van der Waals surface area contributed by atoms with E-state index in [9.17, 15) is 9.90 Å². The highest BCUT2D eigenvalue weighted by Gasteiger charge is 2.30. The first-order chi connectivity index (χ1) is 8.29. The molecule has 0 fully saturated rings. The van der Waals surface area contributed by atoms with Crippen LogP contribution >= 0.6 is 0 Å². The van der Waals surface area contributed by atoms with Gasteiger partial charge in [-0.15, -0.1) is 0 Å². The molecule has 0 amide bonds. The average Bonchev–Trinajstić information content (AvgIpc) is 2.25. The summed E-state index contributed by atoms with van der Waals surface area (Å²) in [5, 5.41) is 12.5. The predicted octanol–water partition coefficient (Wildman–Crippen LogP) is 2.64. The number of carboxylic acids is 1. The molecule has 2 N–H and O–H groups in total. The monoisotopic (exact) mass is 247 g/mol. The van der Waals surface area contributed by atoms with Crippen LogP contribution in [0.4, 0.5) is 0 Å². The van der Waals surface area contributed by atoms with E-state index in [1.165, 1.54) is 5.56 Å². The van der Waals surface area contributed by atoms with E-state index in [2.05, 4.69) is 38.2 Å². The smallest absolute Gasteiger partial charge is 0.325 e. The second kappa shape index (κ2) is 4.39. The van der Waals surface area contributed by atoms with Crippen LogP contribution in [0.15, 0.2) is 18.2 Å². The Bertz CT molecular complexity index is 474. The number of aliphatic carboxylic acids is 1. The van der Waals surface area contributed by atoms with Gasteiger partial charge in [0.05, 0.1) is 0 Å². The minimum absolute atomic E-state index is 0.0428. The van der Waals surface area contributed by atoms with Crippen molar-refractivity contribution in [1.82, 2.24) is 5.32 Å². The van der Waals surface area contributed by atoms with Crippen LogP contribution in [-0.2, 0) is 16.6 Å². The summed E-state index contributed by atoms with van der Waals surface area (Å²) >= 11 is 0. The molecule has 0 aromatic heterocycles. The predicted molar refractivity (Wildman–Crippen MR) is 71.8 cm³/mol. The van der Waals surface area contributed by atoms with E-state index in [1.807, 2.05) is 13.0 Å². The van der Waals surface area contributed by atoms with E-state index in [-0.39, 0.29) is 11.5 Å². The molecule has 3 heteroatoms. The molecule has 0 aliphatic carbocycles. The van der Waals surface area contributed by atoms with Gasteiger partial charge in [-0.3, -0.25) is 10.1 Å². The van der Waals surface area contributed by atoms with Crippen LogP contribution in [0.2, 0.25) is 0 Å². The van der Waals surface area contributed by atoms with Gasteiger partial charge in [-0.2, -0.15) is 0 Å². The van der Waals surface area contributed by atoms with Crippen LogP contribution in [-0.4, -0.2) is 17.1 Å². The lowest BCUT2D eigenvalue weighted by Gasteiger charge is -2.31. The summed E-state index contributed by atoms with van der Waals surface area (Å²) in [5.41, 5.74) is 3.31. The molecule has 0 bridgehead atoms. The van der Waals surface area contributed by atoms with Crippen LogP contribution in [0.25, 0.3) is 0 Å². The van der Waals surface area contributed by atoms with Gasteiger partial charge in [0.25, 0.3) is 0 Å². The Morgan fingerprint density at radius 1 is 1.39 bits per heavy atom. The van der Waals surface area contributed by atoms with Crippen molar-refractivity contribution in [2.24, 2.45) is 0 Å². The fraction of sp³-hybridized carbons (Fsp3) is 0.533. The molecule has 1 heterocycles. The molecule has 0 saturated carbocycles. The molecule has 1 aliphatic heterocycles. The Kier molecular flexibility index (Phi) is 3.20. The Morgan fingerprint density at radius 3 is 2.61 bits per heavy atom. The quantitative estimate of drug-likeness (QED) is 0.802. The van der Waals surface area contributed by atoms with Crippen LogP contribution in [0.3, 0.4) is 0 Å². The number of hydrogen-bond donors (Lipinski definition) is 2. The molecule has 2 unspecified atom stereocenters. The van der Waals surface area contributed by atoms with Crippen molar-refractivity contribution in [3.8, 4) is 0 Å². The van der Waals surface area contributed by atoms with Gasteiger partial charge in [0.15, 0.2) is 0 Å². The van der Waals surface area contributed by atoms with E-state index in [4.69, 9.17) is 0 Å². The van der Waals surface area contributed by atoms with E-state index >= 15 is 0 Å². The number of rotatable bonds is 1. The maximum Gasteiger partial charge on any atom is 0.325 e. The lowest BCUT2D eigenvalue weighted by molar-refractivity contribution is -0.140. The summed E-state index contributed by atoms with van der Waals surface area (Å²) < 4.78 is 0. The van der Waals surface area contributed by atoms with Crippen LogP contribution in [0, 0.1) is 0 Å². The molecule has 2 atom stereocenters. The highest BCUT2D eigenvalue weighted by molar-refractivity contribution is 5.76. The lowest BCUT2D eigenvalue weighted by atomic mass is 9.82. The number of hydrogen-bond acceptors (Lipinski definition) is 2.